The third kappa shape index (κ3) is 8.01. The fourth-order valence-electron chi connectivity index (χ4n) is 5.79. The molecule has 33 heteroatoms. The van der Waals surface area contributed by atoms with E-state index in [0.717, 1.165) is 12.1 Å². The number of fused-ring (bicyclic) bond motifs is 8. The molecule has 0 spiro atoms. The van der Waals surface area contributed by atoms with E-state index < -0.39 is 146 Å². The molecule has 0 amide bonds. The Morgan fingerprint density at radius 1 is 0.369 bits per heavy atom. The summed E-state index contributed by atoms with van der Waals surface area (Å²) in [5, 5.41) is 0. The largest absolute Gasteiger partial charge is 0.460 e. The average Bonchev–Trinajstić information content (AvgIpc) is 3.90. The standard InChI is InChI=1S/C32H10F28N4.Y/c33-21(34,25(41,42)29(49,50)51)14-7-13-6-11-2-1-9(61-11)5-10-3-4-12(62-10)8-15-16(22(35,36)26(43,44)30(52,53)54)17(23(37,38)27(45,46)31(55,56)57)20(64-15)18(19(14)63-13)24(39,40)28(47,48)32(58,59)60;/h1-8,61,64H;. The van der Waals surface area contributed by atoms with Crippen molar-refractivity contribution in [3.8, 4) is 0 Å². The van der Waals surface area contributed by atoms with E-state index in [9.17, 15) is 87.8 Å². The fraction of sp³-hybridized carbons (Fsp3) is 0.375. The molecule has 65 heavy (non-hydrogen) atoms. The SMILES string of the molecule is FC(F)(F)C(F)(F)C(F)(F)C1=Cc2cc3ccc(cc4nc(cc5[nH]c(c(C(F)(F)C(F)(F)C(F)(F)F)c1n2)c(C(F)(F)C(F)(F)C(F)(F)F)c5C(F)(F)C(F)(F)C(F)(F)F)C=C4)[nH]3.[Y]. The van der Waals surface area contributed by atoms with Crippen LogP contribution in [0.4, 0.5) is 123 Å². The Labute approximate surface area is 362 Å². The summed E-state index contributed by atoms with van der Waals surface area (Å²) in [6, 6.07) is 1.55. The molecule has 0 aromatic carbocycles. The van der Waals surface area contributed by atoms with Gasteiger partial charge in [-0.15, -0.1) is 0 Å². The first-order valence-corrected chi connectivity index (χ1v) is 15.8. The third-order valence-electron chi connectivity index (χ3n) is 8.90. The van der Waals surface area contributed by atoms with Gasteiger partial charge < -0.3 is 9.97 Å². The molecular weight excluding hydrogens is 1060 g/mol. The zero-order chi connectivity index (χ0) is 49.4. The van der Waals surface area contributed by atoms with Crippen LogP contribution in [0.1, 0.15) is 39.5 Å². The minimum Gasteiger partial charge on any atom is -0.355 e. The molecule has 8 bridgehead atoms. The van der Waals surface area contributed by atoms with Crippen molar-refractivity contribution in [1.82, 2.24) is 19.9 Å². The Morgan fingerprint density at radius 2 is 0.723 bits per heavy atom. The van der Waals surface area contributed by atoms with Gasteiger partial charge in [-0.25, -0.2) is 9.97 Å². The van der Waals surface area contributed by atoms with Gasteiger partial charge in [-0.1, -0.05) is 0 Å². The van der Waals surface area contributed by atoms with Crippen LogP contribution in [-0.2, 0) is 50.5 Å². The molecule has 2 aliphatic heterocycles. The zero-order valence-corrected chi connectivity index (χ0v) is 32.5. The average molecular weight is 1070 g/mol. The van der Waals surface area contributed by atoms with Crippen LogP contribution in [0.3, 0.4) is 0 Å². The van der Waals surface area contributed by atoms with Gasteiger partial charge in [0.2, 0.25) is 0 Å². The van der Waals surface area contributed by atoms with Gasteiger partial charge in [0.15, 0.2) is 0 Å². The molecule has 2 N–H and O–H groups in total. The summed E-state index contributed by atoms with van der Waals surface area (Å²) in [4.78, 5) is 8.26. The van der Waals surface area contributed by atoms with Crippen LogP contribution in [0.5, 0.6) is 0 Å². The predicted molar refractivity (Wildman–Crippen MR) is 158 cm³/mol. The number of nitrogens with one attached hydrogen (secondary N) is 2. The second-order valence-corrected chi connectivity index (χ2v) is 13.2. The maximum absolute atomic E-state index is 16.2. The van der Waals surface area contributed by atoms with Gasteiger partial charge in [-0.05, 0) is 48.6 Å². The van der Waals surface area contributed by atoms with E-state index in [1.165, 1.54) is 0 Å². The molecular formula is C32H10F28N4Y. The van der Waals surface area contributed by atoms with Gasteiger partial charge in [0.05, 0.1) is 56.1 Å². The van der Waals surface area contributed by atoms with Gasteiger partial charge in [0.1, 0.15) is 0 Å². The molecule has 0 aliphatic carbocycles. The Balaban J connectivity index is 0.00000925. The van der Waals surface area contributed by atoms with Crippen LogP contribution < -0.4 is 0 Å². The summed E-state index contributed by atoms with van der Waals surface area (Å²) in [6.45, 7) is 0. The predicted octanol–water partition coefficient (Wildman–Crippen LogP) is 13.7. The van der Waals surface area contributed by atoms with Crippen LogP contribution in [0.15, 0.2) is 30.3 Å². The Kier molecular flexibility index (Phi) is 12.6. The molecule has 0 unspecified atom stereocenters. The minimum absolute atomic E-state index is 0. The number of aromatic amines is 2. The van der Waals surface area contributed by atoms with E-state index in [0.29, 0.717) is 18.2 Å². The smallest absolute Gasteiger partial charge is 0.355 e. The monoisotopic (exact) mass is 1070 g/mol. The molecule has 4 nitrogen and oxygen atoms in total. The van der Waals surface area contributed by atoms with Gasteiger partial charge >= 0.3 is 72.1 Å². The van der Waals surface area contributed by atoms with Crippen LogP contribution in [0, 0.1) is 0 Å². The summed E-state index contributed by atoms with van der Waals surface area (Å²) in [5.41, 5.74) is -34.6. The molecule has 5 rings (SSSR count). The van der Waals surface area contributed by atoms with E-state index >= 15 is 35.1 Å². The van der Waals surface area contributed by atoms with Crippen LogP contribution >= 0.6 is 0 Å². The van der Waals surface area contributed by atoms with E-state index in [1.54, 1.807) is 0 Å². The van der Waals surface area contributed by atoms with Crippen molar-refractivity contribution in [2.24, 2.45) is 0 Å². The first-order chi connectivity index (χ1) is 28.3. The number of aromatic nitrogens is 4. The third-order valence-corrected chi connectivity index (χ3v) is 8.90. The number of hydrogen-bond acceptors (Lipinski definition) is 2. The van der Waals surface area contributed by atoms with E-state index in [4.69, 9.17) is 0 Å². The number of hydrogen-bond donors (Lipinski definition) is 2. The fourth-order valence-corrected chi connectivity index (χ4v) is 5.79. The van der Waals surface area contributed by atoms with Crippen LogP contribution in [0.2, 0.25) is 0 Å². The maximum Gasteiger partial charge on any atom is 0.460 e. The zero-order valence-electron chi connectivity index (χ0n) is 29.7. The molecule has 0 atom stereocenters. The number of halogens is 28. The van der Waals surface area contributed by atoms with E-state index in [2.05, 4.69) is 15.0 Å². The Bertz CT molecular complexity index is 2580. The van der Waals surface area contributed by atoms with Crippen molar-refractivity contribution >= 4 is 45.9 Å². The van der Waals surface area contributed by atoms with Gasteiger partial charge in [-0.3, -0.25) is 0 Å². The van der Waals surface area contributed by atoms with Crippen molar-refractivity contribution in [3.05, 3.63) is 69.8 Å². The van der Waals surface area contributed by atoms with Crippen molar-refractivity contribution in [2.45, 2.75) is 72.1 Å². The van der Waals surface area contributed by atoms with E-state index in [-0.39, 0.29) is 49.3 Å². The van der Waals surface area contributed by atoms with Gasteiger partial charge in [0.25, 0.3) is 0 Å². The summed E-state index contributed by atoms with van der Waals surface area (Å²) < 4.78 is 408. The van der Waals surface area contributed by atoms with Crippen molar-refractivity contribution < 1.29 is 156 Å². The Hall–Kier alpha value is -4.26. The molecule has 3 aromatic rings. The molecule has 0 saturated heterocycles. The summed E-state index contributed by atoms with van der Waals surface area (Å²) in [6.07, 6.45) is -32.1. The van der Waals surface area contributed by atoms with Crippen molar-refractivity contribution in [2.75, 3.05) is 0 Å². The minimum atomic E-state index is -8.43. The number of allylic oxidation sites excluding steroid dienone is 1. The molecule has 3 aromatic heterocycles. The van der Waals surface area contributed by atoms with Crippen LogP contribution in [-0.4, -0.2) is 74.3 Å². The maximum atomic E-state index is 16.2. The second kappa shape index (κ2) is 15.4. The summed E-state index contributed by atoms with van der Waals surface area (Å²) in [7, 11) is 0. The topological polar surface area (TPSA) is 57.4 Å². The number of nitrogens with zero attached hydrogens (tertiary/aromatic N) is 2. The van der Waals surface area contributed by atoms with Gasteiger partial charge in [0, 0.05) is 43.7 Å². The molecule has 0 fully saturated rings. The van der Waals surface area contributed by atoms with Crippen molar-refractivity contribution in [3.63, 3.8) is 0 Å². The molecule has 1 radical (unpaired) electrons. The molecule has 2 aliphatic rings. The quantitative estimate of drug-likeness (QED) is 0.173. The number of alkyl halides is 28. The van der Waals surface area contributed by atoms with Crippen molar-refractivity contribution in [1.29, 1.82) is 0 Å². The molecule has 357 valence electrons. The second-order valence-electron chi connectivity index (χ2n) is 13.2. The summed E-state index contributed by atoms with van der Waals surface area (Å²) >= 11 is 0. The Morgan fingerprint density at radius 3 is 1.14 bits per heavy atom. The first kappa shape index (κ1) is 53.4. The normalized spacial score (nSPS) is 15.6. The summed E-state index contributed by atoms with van der Waals surface area (Å²) in [5.74, 6) is -65.0. The van der Waals surface area contributed by atoms with E-state index in [1.807, 2.05) is 0 Å². The molecule has 5 heterocycles. The number of H-pyrrole nitrogens is 2. The number of rotatable bonds is 8. The molecule has 0 saturated carbocycles. The first-order valence-electron chi connectivity index (χ1n) is 15.8. The van der Waals surface area contributed by atoms with Gasteiger partial charge in [-0.2, -0.15) is 123 Å². The van der Waals surface area contributed by atoms with Crippen LogP contribution in [0.25, 0.3) is 45.9 Å².